The molecule has 10 nitrogen and oxygen atoms in total. The molecular weight excluding hydrogens is 651 g/mol. The highest BCUT2D eigenvalue weighted by atomic mass is 32.2. The van der Waals surface area contributed by atoms with Gasteiger partial charge < -0.3 is 24.1 Å². The van der Waals surface area contributed by atoms with Gasteiger partial charge in [-0.3, -0.25) is 14.5 Å². The number of anilines is 1. The number of amides is 1. The molecule has 1 amide bonds. The minimum Gasteiger partial charge on any atom is -0.507 e. The summed E-state index contributed by atoms with van der Waals surface area (Å²) in [6.07, 6.45) is 0.865. The van der Waals surface area contributed by atoms with Crippen molar-refractivity contribution in [3.63, 3.8) is 0 Å². The van der Waals surface area contributed by atoms with Crippen LogP contribution in [-0.4, -0.2) is 53.4 Å². The molecule has 0 radical (unpaired) electrons. The number of aliphatic hydroxyl groups is 1. The van der Waals surface area contributed by atoms with Gasteiger partial charge in [-0.1, -0.05) is 72.8 Å². The summed E-state index contributed by atoms with van der Waals surface area (Å²) in [5, 5.41) is 20.7. The first kappa shape index (κ1) is 33.4. The molecule has 3 heterocycles. The van der Waals surface area contributed by atoms with E-state index in [2.05, 4.69) is 48.3 Å². The van der Waals surface area contributed by atoms with Gasteiger partial charge >= 0.3 is 5.91 Å². The van der Waals surface area contributed by atoms with Gasteiger partial charge in [-0.25, -0.2) is 0 Å². The van der Waals surface area contributed by atoms with E-state index in [0.29, 0.717) is 76.6 Å². The molecule has 1 aromatic heterocycles. The third-order valence-electron chi connectivity index (χ3n) is 7.88. The zero-order valence-corrected chi connectivity index (χ0v) is 28.9. The van der Waals surface area contributed by atoms with Gasteiger partial charge in [0.1, 0.15) is 19.0 Å². The molecule has 2 aliphatic rings. The highest BCUT2D eigenvalue weighted by Gasteiger charge is 2.48. The third kappa shape index (κ3) is 7.14. The molecule has 0 aliphatic carbocycles. The number of carbonyl (C=O) groups is 2. The van der Waals surface area contributed by atoms with E-state index in [-0.39, 0.29) is 16.5 Å². The number of ketones is 1. The number of Topliss-reactive ketones (excluding diaryl/α,β-unsaturated/α-hetero) is 1. The number of aliphatic hydroxyl groups excluding tert-OH is 1. The molecule has 4 aromatic rings. The van der Waals surface area contributed by atoms with Crippen LogP contribution in [0.25, 0.3) is 5.76 Å². The summed E-state index contributed by atoms with van der Waals surface area (Å²) in [7, 11) is 0. The van der Waals surface area contributed by atoms with E-state index in [0.717, 1.165) is 12.0 Å². The summed E-state index contributed by atoms with van der Waals surface area (Å²) in [6, 6.07) is 17.4. The van der Waals surface area contributed by atoms with Gasteiger partial charge in [-0.15, -0.1) is 10.2 Å². The Morgan fingerprint density at radius 1 is 1.00 bits per heavy atom. The van der Waals surface area contributed by atoms with Crippen LogP contribution in [0.15, 0.2) is 70.6 Å². The summed E-state index contributed by atoms with van der Waals surface area (Å²) < 4.78 is 24.0. The Kier molecular flexibility index (Phi) is 10.2. The molecule has 1 fully saturated rings. The van der Waals surface area contributed by atoms with Crippen molar-refractivity contribution >= 4 is 45.7 Å². The number of fused-ring (bicyclic) bond motifs is 1. The van der Waals surface area contributed by atoms with Crippen LogP contribution in [-0.2, 0) is 15.3 Å². The smallest absolute Gasteiger partial charge is 0.301 e. The number of aryl methyl sites for hydroxylation is 1. The first-order valence-electron chi connectivity index (χ1n) is 15.9. The van der Waals surface area contributed by atoms with Crippen molar-refractivity contribution in [1.29, 1.82) is 0 Å². The van der Waals surface area contributed by atoms with Gasteiger partial charge in [-0.2, -0.15) is 0 Å². The number of rotatable bonds is 12. The fraction of sp³-hybridized carbons (Fsp3) is 0.333. The van der Waals surface area contributed by atoms with Crippen molar-refractivity contribution in [2.45, 2.75) is 50.3 Å². The average molecular weight is 688 g/mol. The second-order valence-corrected chi connectivity index (χ2v) is 14.0. The molecule has 250 valence electrons. The molecule has 1 atom stereocenters. The van der Waals surface area contributed by atoms with Crippen molar-refractivity contribution < 1.29 is 33.6 Å². The number of carbonyl (C=O) groups excluding carboxylic acids is 2. The number of thioether (sulfide) groups is 1. The van der Waals surface area contributed by atoms with Crippen molar-refractivity contribution in [1.82, 2.24) is 10.2 Å². The van der Waals surface area contributed by atoms with Crippen LogP contribution >= 0.6 is 23.1 Å². The van der Waals surface area contributed by atoms with Crippen LogP contribution in [0.3, 0.4) is 0 Å². The Labute approximate surface area is 287 Å². The predicted molar refractivity (Wildman–Crippen MR) is 185 cm³/mol. The number of benzene rings is 3. The van der Waals surface area contributed by atoms with Crippen LogP contribution in [0.1, 0.15) is 55.5 Å². The van der Waals surface area contributed by atoms with Crippen LogP contribution in [0.2, 0.25) is 0 Å². The van der Waals surface area contributed by atoms with Gasteiger partial charge in [0.05, 0.1) is 24.8 Å². The predicted octanol–water partition coefficient (Wildman–Crippen LogP) is 7.36. The first-order valence-corrected chi connectivity index (χ1v) is 17.7. The maximum absolute atomic E-state index is 13.8. The van der Waals surface area contributed by atoms with Crippen molar-refractivity contribution in [2.75, 3.05) is 31.3 Å². The highest BCUT2D eigenvalue weighted by Crippen LogP contribution is 2.46. The molecule has 6 rings (SSSR count). The van der Waals surface area contributed by atoms with Gasteiger partial charge in [0.25, 0.3) is 5.78 Å². The summed E-state index contributed by atoms with van der Waals surface area (Å²) in [6.45, 7) is 9.81. The summed E-state index contributed by atoms with van der Waals surface area (Å²) in [4.78, 5) is 29.0. The van der Waals surface area contributed by atoms with E-state index in [4.69, 9.17) is 18.9 Å². The number of hydrogen-bond donors (Lipinski definition) is 1. The second-order valence-electron chi connectivity index (χ2n) is 11.8. The van der Waals surface area contributed by atoms with Crippen LogP contribution in [0.5, 0.6) is 23.0 Å². The highest BCUT2D eigenvalue weighted by molar-refractivity contribution is 8.00. The maximum Gasteiger partial charge on any atom is 0.301 e. The Morgan fingerprint density at radius 3 is 2.52 bits per heavy atom. The van der Waals surface area contributed by atoms with E-state index >= 15 is 0 Å². The molecule has 48 heavy (non-hydrogen) atoms. The van der Waals surface area contributed by atoms with Crippen molar-refractivity contribution in [3.05, 3.63) is 88.5 Å². The molecule has 0 spiro atoms. The zero-order chi connectivity index (χ0) is 33.8. The lowest BCUT2D eigenvalue weighted by molar-refractivity contribution is -0.132. The Morgan fingerprint density at radius 2 is 1.77 bits per heavy atom. The zero-order valence-electron chi connectivity index (χ0n) is 27.2. The third-order valence-corrected chi connectivity index (χ3v) is 10.0. The van der Waals surface area contributed by atoms with Crippen LogP contribution < -0.4 is 23.8 Å². The lowest BCUT2D eigenvalue weighted by Gasteiger charge is -2.24. The summed E-state index contributed by atoms with van der Waals surface area (Å²) >= 11 is 2.71. The molecule has 0 saturated carbocycles. The first-order chi connectivity index (χ1) is 23.2. The molecule has 12 heteroatoms. The van der Waals surface area contributed by atoms with Crippen molar-refractivity contribution in [2.24, 2.45) is 5.92 Å². The number of nitrogens with zero attached hydrogens (tertiary/aromatic N) is 3. The van der Waals surface area contributed by atoms with Gasteiger partial charge in [0.15, 0.2) is 27.3 Å². The SMILES string of the molecule is CCOc1cc([C@H]2/C(=C(\O)c3ccc4c(c3)OCCO4)C(=O)C(=O)N2c2nnc(SCc3ccc(C)cc3)s2)ccc1OCCC(C)C. The van der Waals surface area contributed by atoms with E-state index < -0.39 is 17.7 Å². The average Bonchev–Trinajstić information content (AvgIpc) is 3.66. The number of ether oxygens (including phenoxy) is 4. The number of hydrogen-bond acceptors (Lipinski definition) is 11. The van der Waals surface area contributed by atoms with Crippen LogP contribution in [0.4, 0.5) is 5.13 Å². The van der Waals surface area contributed by atoms with Gasteiger partial charge in [0, 0.05) is 11.3 Å². The molecule has 3 aromatic carbocycles. The molecule has 0 unspecified atom stereocenters. The Hall–Kier alpha value is -4.55. The topological polar surface area (TPSA) is 120 Å². The van der Waals surface area contributed by atoms with E-state index in [1.54, 1.807) is 36.4 Å². The van der Waals surface area contributed by atoms with Crippen molar-refractivity contribution in [3.8, 4) is 23.0 Å². The Balaban J connectivity index is 1.40. The monoisotopic (exact) mass is 687 g/mol. The molecule has 0 bridgehead atoms. The minimum absolute atomic E-state index is 0.0864. The largest absolute Gasteiger partial charge is 0.507 e. The lowest BCUT2D eigenvalue weighted by Crippen LogP contribution is -2.29. The van der Waals surface area contributed by atoms with E-state index in [1.165, 1.54) is 33.6 Å². The number of aromatic nitrogens is 2. The molecule has 1 N–H and O–H groups in total. The summed E-state index contributed by atoms with van der Waals surface area (Å²) in [5.41, 5.74) is 3.07. The quantitative estimate of drug-likeness (QED) is 0.0532. The standard InChI is InChI=1S/C36H37N3O7S2/c1-5-43-28-18-24(10-12-26(28)44-15-14-21(2)3)31-30(32(40)25-11-13-27-29(19-25)46-17-16-45-27)33(41)34(42)39(31)35-37-38-36(48-35)47-20-23-8-6-22(4)7-9-23/h6-13,18-19,21,31,40H,5,14-17,20H2,1-4H3/b32-30+/t31-/m0/s1. The van der Waals surface area contributed by atoms with Crippen LogP contribution in [0, 0.1) is 12.8 Å². The minimum atomic E-state index is -1.02. The second kappa shape index (κ2) is 14.7. The normalized spacial score (nSPS) is 16.9. The Bertz CT molecular complexity index is 1840. The lowest BCUT2D eigenvalue weighted by atomic mass is 9.95. The van der Waals surface area contributed by atoms with Gasteiger partial charge in [0.2, 0.25) is 5.13 Å². The fourth-order valence-corrected chi connectivity index (χ4v) is 7.19. The van der Waals surface area contributed by atoms with E-state index in [9.17, 15) is 14.7 Å². The molecule has 2 aliphatic heterocycles. The fourth-order valence-electron chi connectivity index (χ4n) is 5.37. The molecular formula is C36H37N3O7S2. The van der Waals surface area contributed by atoms with Gasteiger partial charge in [-0.05, 0) is 67.6 Å². The maximum atomic E-state index is 13.8. The molecule has 1 saturated heterocycles. The summed E-state index contributed by atoms with van der Waals surface area (Å²) in [5.74, 6) is 1.12. The van der Waals surface area contributed by atoms with E-state index in [1.807, 2.05) is 13.8 Å².